The zero-order valence-corrected chi connectivity index (χ0v) is 14.9. The van der Waals surface area contributed by atoms with Gasteiger partial charge in [-0.15, -0.1) is 0 Å². The first-order valence-electron chi connectivity index (χ1n) is 7.94. The second-order valence-electron chi connectivity index (χ2n) is 6.36. The van der Waals surface area contributed by atoms with Crippen molar-refractivity contribution in [1.82, 2.24) is 20.2 Å². The van der Waals surface area contributed by atoms with Crippen LogP contribution in [0.25, 0.3) is 10.8 Å². The SMILES string of the molecule is CN(C)N(C(=O)Cc1n[nH]c(=O)c2ccccc12)[C@@H]1CCS(=O)(=O)C1. The number of fused-ring (bicyclic) bond motifs is 1. The van der Waals surface area contributed by atoms with E-state index in [9.17, 15) is 18.0 Å². The molecule has 1 N–H and O–H groups in total. The molecule has 1 aromatic carbocycles. The van der Waals surface area contributed by atoms with Crippen LogP contribution in [0.4, 0.5) is 0 Å². The van der Waals surface area contributed by atoms with Gasteiger partial charge >= 0.3 is 0 Å². The number of sulfone groups is 1. The van der Waals surface area contributed by atoms with Crippen LogP contribution < -0.4 is 5.56 Å². The van der Waals surface area contributed by atoms with Gasteiger partial charge in [-0.2, -0.15) is 5.10 Å². The summed E-state index contributed by atoms with van der Waals surface area (Å²) in [6.07, 6.45) is 0.401. The van der Waals surface area contributed by atoms with E-state index in [0.717, 1.165) is 0 Å². The van der Waals surface area contributed by atoms with Gasteiger partial charge in [0.2, 0.25) is 5.91 Å². The molecule has 1 fully saturated rings. The van der Waals surface area contributed by atoms with Gasteiger partial charge in [-0.25, -0.2) is 18.5 Å². The zero-order valence-electron chi connectivity index (χ0n) is 14.1. The number of carbonyl (C=O) groups is 1. The average Bonchev–Trinajstić information content (AvgIpc) is 2.89. The molecule has 2 heterocycles. The van der Waals surface area contributed by atoms with Gasteiger partial charge in [-0.1, -0.05) is 18.2 Å². The Morgan fingerprint density at radius 3 is 2.56 bits per heavy atom. The van der Waals surface area contributed by atoms with Crippen molar-refractivity contribution in [1.29, 1.82) is 0 Å². The lowest BCUT2D eigenvalue weighted by Crippen LogP contribution is -2.50. The Kier molecular flexibility index (Phi) is 4.61. The molecule has 1 saturated heterocycles. The Morgan fingerprint density at radius 2 is 1.96 bits per heavy atom. The monoisotopic (exact) mass is 364 g/mol. The molecule has 0 aliphatic carbocycles. The Hall–Kier alpha value is -2.26. The van der Waals surface area contributed by atoms with Gasteiger partial charge in [0.1, 0.15) is 0 Å². The molecule has 0 radical (unpaired) electrons. The highest BCUT2D eigenvalue weighted by Crippen LogP contribution is 2.20. The fourth-order valence-corrected chi connectivity index (χ4v) is 4.94. The highest BCUT2D eigenvalue weighted by Gasteiger charge is 2.36. The topological polar surface area (TPSA) is 103 Å². The number of nitrogens with zero attached hydrogens (tertiary/aromatic N) is 3. The first-order chi connectivity index (χ1) is 11.8. The molecular formula is C16H20N4O4S. The largest absolute Gasteiger partial charge is 0.273 e. The number of aromatic nitrogens is 2. The van der Waals surface area contributed by atoms with Crippen LogP contribution in [0, 0.1) is 0 Å². The smallest absolute Gasteiger partial charge is 0.272 e. The van der Waals surface area contributed by atoms with Crippen LogP contribution >= 0.6 is 0 Å². The molecule has 2 aromatic rings. The van der Waals surface area contributed by atoms with Gasteiger partial charge in [-0.3, -0.25) is 14.6 Å². The van der Waals surface area contributed by atoms with E-state index in [-0.39, 0.29) is 35.4 Å². The van der Waals surface area contributed by atoms with E-state index in [1.54, 1.807) is 43.4 Å². The van der Waals surface area contributed by atoms with Gasteiger partial charge in [-0.05, 0) is 12.5 Å². The number of rotatable bonds is 4. The molecule has 1 aromatic heterocycles. The van der Waals surface area contributed by atoms with Crippen molar-refractivity contribution >= 4 is 26.5 Å². The molecule has 8 nitrogen and oxygen atoms in total. The number of nitrogens with one attached hydrogen (secondary N) is 1. The summed E-state index contributed by atoms with van der Waals surface area (Å²) in [6.45, 7) is 0. The van der Waals surface area contributed by atoms with Crippen molar-refractivity contribution in [3.05, 3.63) is 40.3 Å². The predicted octanol–water partition coefficient (Wildman–Crippen LogP) is -0.0421. The number of H-pyrrole nitrogens is 1. The zero-order chi connectivity index (χ0) is 18.2. The number of hydrazine groups is 1. The summed E-state index contributed by atoms with van der Waals surface area (Å²) >= 11 is 0. The highest BCUT2D eigenvalue weighted by molar-refractivity contribution is 7.91. The lowest BCUT2D eigenvalue weighted by molar-refractivity contribution is -0.148. The fourth-order valence-electron chi connectivity index (χ4n) is 3.25. The highest BCUT2D eigenvalue weighted by atomic mass is 32.2. The maximum Gasteiger partial charge on any atom is 0.272 e. The Labute approximate surface area is 145 Å². The van der Waals surface area contributed by atoms with Crippen LogP contribution in [0.5, 0.6) is 0 Å². The minimum Gasteiger partial charge on any atom is -0.273 e. The van der Waals surface area contributed by atoms with Gasteiger partial charge in [0, 0.05) is 19.5 Å². The van der Waals surface area contributed by atoms with E-state index in [1.165, 1.54) is 5.01 Å². The normalized spacial score (nSPS) is 19.4. The molecular weight excluding hydrogens is 344 g/mol. The number of hydrogen-bond acceptors (Lipinski definition) is 6. The summed E-state index contributed by atoms with van der Waals surface area (Å²) < 4.78 is 23.5. The lowest BCUT2D eigenvalue weighted by atomic mass is 10.1. The second-order valence-corrected chi connectivity index (χ2v) is 8.59. The Morgan fingerprint density at radius 1 is 1.28 bits per heavy atom. The van der Waals surface area contributed by atoms with Crippen LogP contribution in [0.15, 0.2) is 29.1 Å². The number of benzene rings is 1. The third-order valence-electron chi connectivity index (χ3n) is 4.33. The van der Waals surface area contributed by atoms with E-state index in [2.05, 4.69) is 10.2 Å². The summed E-state index contributed by atoms with van der Waals surface area (Å²) in [5.41, 5.74) is 0.158. The van der Waals surface area contributed by atoms with Crippen LogP contribution in [-0.2, 0) is 21.1 Å². The first kappa shape index (κ1) is 17.6. The first-order valence-corrected chi connectivity index (χ1v) is 9.76. The number of carbonyl (C=O) groups excluding carboxylic acids is 1. The molecule has 1 amide bonds. The number of amides is 1. The van der Waals surface area contributed by atoms with Gasteiger partial charge in [0.15, 0.2) is 9.84 Å². The van der Waals surface area contributed by atoms with Crippen molar-refractivity contribution in [2.24, 2.45) is 0 Å². The summed E-state index contributed by atoms with van der Waals surface area (Å²) in [5, 5.41) is 10.6. The standard InChI is InChI=1S/C16H20N4O4S/c1-19(2)20(11-7-8-25(23,24)10-11)15(21)9-14-12-5-3-4-6-13(12)16(22)18-17-14/h3-6,11H,7-10H2,1-2H3,(H,18,22)/t11-/m1/s1. The summed E-state index contributed by atoms with van der Waals surface area (Å²) in [6, 6.07) is 6.59. The van der Waals surface area contributed by atoms with Crippen molar-refractivity contribution in [3.63, 3.8) is 0 Å². The molecule has 1 aliphatic rings. The maximum absolute atomic E-state index is 12.8. The lowest BCUT2D eigenvalue weighted by Gasteiger charge is -2.33. The molecule has 3 rings (SSSR count). The third kappa shape index (κ3) is 3.57. The molecule has 0 unspecified atom stereocenters. The van der Waals surface area contributed by atoms with Crippen molar-refractivity contribution in [2.45, 2.75) is 18.9 Å². The molecule has 25 heavy (non-hydrogen) atoms. The molecule has 0 saturated carbocycles. The summed E-state index contributed by atoms with van der Waals surface area (Å²) in [4.78, 5) is 24.7. The van der Waals surface area contributed by atoms with E-state index < -0.39 is 9.84 Å². The minimum atomic E-state index is -3.10. The van der Waals surface area contributed by atoms with E-state index in [0.29, 0.717) is 22.9 Å². The minimum absolute atomic E-state index is 0.0218. The number of hydrogen-bond donors (Lipinski definition) is 1. The second kappa shape index (κ2) is 6.57. The van der Waals surface area contributed by atoms with Crippen LogP contribution in [0.2, 0.25) is 0 Å². The van der Waals surface area contributed by atoms with Crippen molar-refractivity contribution in [3.8, 4) is 0 Å². The van der Waals surface area contributed by atoms with Crippen LogP contribution in [0.1, 0.15) is 12.1 Å². The average molecular weight is 364 g/mol. The van der Waals surface area contributed by atoms with Gasteiger partial charge < -0.3 is 0 Å². The van der Waals surface area contributed by atoms with Gasteiger partial charge in [0.25, 0.3) is 5.56 Å². The quantitative estimate of drug-likeness (QED) is 0.764. The van der Waals surface area contributed by atoms with Crippen molar-refractivity contribution in [2.75, 3.05) is 25.6 Å². The fraction of sp³-hybridized carbons (Fsp3) is 0.438. The molecule has 1 aliphatic heterocycles. The van der Waals surface area contributed by atoms with Crippen LogP contribution in [0.3, 0.4) is 0 Å². The number of aromatic amines is 1. The van der Waals surface area contributed by atoms with E-state index in [1.807, 2.05) is 0 Å². The third-order valence-corrected chi connectivity index (χ3v) is 6.08. The van der Waals surface area contributed by atoms with E-state index >= 15 is 0 Å². The van der Waals surface area contributed by atoms with Crippen molar-refractivity contribution < 1.29 is 13.2 Å². The summed E-state index contributed by atoms with van der Waals surface area (Å²) in [7, 11) is 0.315. The van der Waals surface area contributed by atoms with Gasteiger partial charge in [0.05, 0.1) is 35.0 Å². The molecule has 0 bridgehead atoms. The maximum atomic E-state index is 12.8. The van der Waals surface area contributed by atoms with Crippen LogP contribution in [-0.4, -0.2) is 66.2 Å². The Bertz CT molecular complexity index is 968. The molecule has 134 valence electrons. The predicted molar refractivity (Wildman–Crippen MR) is 93.7 cm³/mol. The van der Waals surface area contributed by atoms with E-state index in [4.69, 9.17) is 0 Å². The summed E-state index contributed by atoms with van der Waals surface area (Å²) in [5.74, 6) is -0.192. The molecule has 9 heteroatoms. The molecule has 0 spiro atoms. The Balaban J connectivity index is 1.90. The molecule has 1 atom stereocenters.